The van der Waals surface area contributed by atoms with Crippen LogP contribution in [0.2, 0.25) is 0 Å². The number of para-hydroxylation sites is 1. The molecule has 0 radical (unpaired) electrons. The summed E-state index contributed by atoms with van der Waals surface area (Å²) in [5.74, 6) is -1.66. The number of esters is 1. The van der Waals surface area contributed by atoms with E-state index in [1.54, 1.807) is 31.3 Å². The largest absolute Gasteiger partial charge is 0.452 e. The number of hydrogen-bond donors (Lipinski definition) is 0. The molecule has 0 N–H and O–H groups in total. The van der Waals surface area contributed by atoms with E-state index in [1.165, 1.54) is 21.9 Å². The zero-order valence-corrected chi connectivity index (χ0v) is 20.5. The van der Waals surface area contributed by atoms with E-state index in [0.29, 0.717) is 18.5 Å². The van der Waals surface area contributed by atoms with E-state index < -0.39 is 34.4 Å². The van der Waals surface area contributed by atoms with Crippen LogP contribution in [-0.4, -0.2) is 68.3 Å². The Morgan fingerprint density at radius 3 is 2.24 bits per heavy atom. The van der Waals surface area contributed by atoms with Crippen molar-refractivity contribution in [3.8, 4) is 0 Å². The molecule has 9 heteroatoms. The molecular formula is C25H30N2O6S. The Bertz CT molecular complexity index is 1150. The second-order valence-corrected chi connectivity index (χ2v) is 10.7. The SMILES string of the molecule is CCC(C)N(C(=O)COC(=O)c1ccccc1C(=O)N(C)c1ccccc1)C1CCS(=O)(=O)C1. The second kappa shape index (κ2) is 10.8. The van der Waals surface area contributed by atoms with Crippen LogP contribution in [0.25, 0.3) is 0 Å². The zero-order valence-electron chi connectivity index (χ0n) is 19.6. The Hall–Kier alpha value is -3.20. The number of carbonyl (C=O) groups excluding carboxylic acids is 3. The van der Waals surface area contributed by atoms with Crippen LogP contribution >= 0.6 is 0 Å². The molecule has 0 spiro atoms. The number of hydrogen-bond acceptors (Lipinski definition) is 6. The van der Waals surface area contributed by atoms with Gasteiger partial charge in [0.2, 0.25) is 0 Å². The molecule has 8 nitrogen and oxygen atoms in total. The van der Waals surface area contributed by atoms with Crippen molar-refractivity contribution in [2.45, 2.75) is 38.8 Å². The van der Waals surface area contributed by atoms with Crippen LogP contribution in [0.5, 0.6) is 0 Å². The fourth-order valence-electron chi connectivity index (χ4n) is 4.08. The molecule has 1 aliphatic heterocycles. The summed E-state index contributed by atoms with van der Waals surface area (Å²) in [5.41, 5.74) is 0.884. The summed E-state index contributed by atoms with van der Waals surface area (Å²) in [7, 11) is -1.57. The summed E-state index contributed by atoms with van der Waals surface area (Å²) in [4.78, 5) is 41.9. The van der Waals surface area contributed by atoms with Gasteiger partial charge in [-0.2, -0.15) is 0 Å². The lowest BCUT2D eigenvalue weighted by atomic mass is 10.1. The van der Waals surface area contributed by atoms with Crippen LogP contribution in [-0.2, 0) is 19.4 Å². The molecular weight excluding hydrogens is 456 g/mol. The van der Waals surface area contributed by atoms with Crippen molar-refractivity contribution in [3.05, 3.63) is 65.7 Å². The number of rotatable bonds is 8. The van der Waals surface area contributed by atoms with E-state index in [0.717, 1.165) is 0 Å². The molecule has 0 aliphatic carbocycles. The first-order valence-corrected chi connectivity index (χ1v) is 13.1. The van der Waals surface area contributed by atoms with Gasteiger partial charge in [0, 0.05) is 24.8 Å². The lowest BCUT2D eigenvalue weighted by Gasteiger charge is -2.33. The van der Waals surface area contributed by atoms with Crippen molar-refractivity contribution in [2.24, 2.45) is 0 Å². The van der Waals surface area contributed by atoms with Gasteiger partial charge in [-0.05, 0) is 44.0 Å². The van der Waals surface area contributed by atoms with Crippen molar-refractivity contribution >= 4 is 33.3 Å². The summed E-state index contributed by atoms with van der Waals surface area (Å²) in [6.45, 7) is 3.22. The molecule has 34 heavy (non-hydrogen) atoms. The summed E-state index contributed by atoms with van der Waals surface area (Å²) < 4.78 is 29.2. The Kier molecular flexibility index (Phi) is 8.09. The summed E-state index contributed by atoms with van der Waals surface area (Å²) in [6.07, 6.45) is 1.01. The quantitative estimate of drug-likeness (QED) is 0.532. The Morgan fingerprint density at radius 2 is 1.65 bits per heavy atom. The molecule has 2 atom stereocenters. The highest BCUT2D eigenvalue weighted by molar-refractivity contribution is 7.91. The van der Waals surface area contributed by atoms with Gasteiger partial charge in [-0.15, -0.1) is 0 Å². The minimum absolute atomic E-state index is 0.0437. The van der Waals surface area contributed by atoms with Gasteiger partial charge in [-0.25, -0.2) is 13.2 Å². The molecule has 0 aromatic heterocycles. The van der Waals surface area contributed by atoms with E-state index in [1.807, 2.05) is 32.0 Å². The molecule has 0 bridgehead atoms. The van der Waals surface area contributed by atoms with E-state index in [2.05, 4.69) is 0 Å². The number of amides is 2. The highest BCUT2D eigenvalue weighted by Crippen LogP contribution is 2.22. The number of nitrogens with zero attached hydrogens (tertiary/aromatic N) is 2. The fourth-order valence-corrected chi connectivity index (χ4v) is 5.79. The number of carbonyl (C=O) groups is 3. The van der Waals surface area contributed by atoms with Crippen LogP contribution in [0, 0.1) is 0 Å². The van der Waals surface area contributed by atoms with Gasteiger partial charge in [-0.3, -0.25) is 9.59 Å². The average Bonchev–Trinajstić information content (AvgIpc) is 3.20. The Balaban J connectivity index is 1.73. The van der Waals surface area contributed by atoms with Crippen LogP contribution in [0.3, 0.4) is 0 Å². The third-order valence-electron chi connectivity index (χ3n) is 6.11. The molecule has 1 aliphatic rings. The van der Waals surface area contributed by atoms with Gasteiger partial charge in [-0.1, -0.05) is 37.3 Å². The van der Waals surface area contributed by atoms with Crippen molar-refractivity contribution in [3.63, 3.8) is 0 Å². The number of sulfone groups is 1. The third kappa shape index (κ3) is 5.83. The van der Waals surface area contributed by atoms with Crippen molar-refractivity contribution in [1.29, 1.82) is 0 Å². The van der Waals surface area contributed by atoms with E-state index in [4.69, 9.17) is 4.74 Å². The Morgan fingerprint density at radius 1 is 1.03 bits per heavy atom. The summed E-state index contributed by atoms with van der Waals surface area (Å²) in [6, 6.07) is 14.7. The maximum Gasteiger partial charge on any atom is 0.339 e. The third-order valence-corrected chi connectivity index (χ3v) is 7.86. The molecule has 2 aromatic carbocycles. The van der Waals surface area contributed by atoms with Gasteiger partial charge >= 0.3 is 5.97 Å². The predicted molar refractivity (Wildman–Crippen MR) is 130 cm³/mol. The van der Waals surface area contributed by atoms with Crippen LogP contribution in [0.1, 0.15) is 47.4 Å². The second-order valence-electron chi connectivity index (χ2n) is 8.44. The highest BCUT2D eigenvalue weighted by Gasteiger charge is 2.37. The van der Waals surface area contributed by atoms with Gasteiger partial charge in [0.05, 0.1) is 22.6 Å². The van der Waals surface area contributed by atoms with Gasteiger partial charge < -0.3 is 14.5 Å². The van der Waals surface area contributed by atoms with Gasteiger partial charge in [0.1, 0.15) is 0 Å². The minimum atomic E-state index is -3.18. The van der Waals surface area contributed by atoms with Crippen molar-refractivity contribution in [2.75, 3.05) is 30.1 Å². The topological polar surface area (TPSA) is 101 Å². The maximum atomic E-state index is 13.1. The molecule has 2 unspecified atom stereocenters. The smallest absolute Gasteiger partial charge is 0.339 e. The first kappa shape index (κ1) is 25.4. The fraction of sp³-hybridized carbons (Fsp3) is 0.400. The van der Waals surface area contributed by atoms with Crippen molar-refractivity contribution in [1.82, 2.24) is 4.90 Å². The minimum Gasteiger partial charge on any atom is -0.452 e. The molecule has 182 valence electrons. The van der Waals surface area contributed by atoms with Crippen LogP contribution in [0.4, 0.5) is 5.69 Å². The van der Waals surface area contributed by atoms with Gasteiger partial charge in [0.25, 0.3) is 11.8 Å². The van der Waals surface area contributed by atoms with Crippen LogP contribution in [0.15, 0.2) is 54.6 Å². The number of anilines is 1. The lowest BCUT2D eigenvalue weighted by Crippen LogP contribution is -2.48. The lowest BCUT2D eigenvalue weighted by molar-refractivity contribution is -0.138. The predicted octanol–water partition coefficient (Wildman–Crippen LogP) is 2.93. The van der Waals surface area contributed by atoms with E-state index in [9.17, 15) is 22.8 Å². The first-order chi connectivity index (χ1) is 16.1. The van der Waals surface area contributed by atoms with Crippen molar-refractivity contribution < 1.29 is 27.5 Å². The molecule has 2 amide bonds. The standard InChI is InChI=1S/C25H30N2O6S/c1-4-18(2)27(20-14-15-34(31,32)17-20)23(28)16-33-25(30)22-13-9-8-12-21(22)24(29)26(3)19-10-6-5-7-11-19/h5-13,18,20H,4,14-17H2,1-3H3. The Labute approximate surface area is 200 Å². The van der Waals surface area contributed by atoms with E-state index >= 15 is 0 Å². The molecule has 0 saturated carbocycles. The first-order valence-electron chi connectivity index (χ1n) is 11.3. The number of ether oxygens (including phenoxy) is 1. The normalized spacial score (nSPS) is 17.6. The zero-order chi connectivity index (χ0) is 24.9. The van der Waals surface area contributed by atoms with E-state index in [-0.39, 0.29) is 34.6 Å². The van der Waals surface area contributed by atoms with Crippen LogP contribution < -0.4 is 4.90 Å². The molecule has 3 rings (SSSR count). The monoisotopic (exact) mass is 486 g/mol. The average molecular weight is 487 g/mol. The molecule has 1 heterocycles. The highest BCUT2D eigenvalue weighted by atomic mass is 32.2. The van der Waals surface area contributed by atoms with Gasteiger partial charge in [0.15, 0.2) is 16.4 Å². The summed E-state index contributed by atoms with van der Waals surface area (Å²) in [5, 5.41) is 0. The maximum absolute atomic E-state index is 13.1. The number of benzene rings is 2. The molecule has 2 aromatic rings. The molecule has 1 fully saturated rings. The summed E-state index contributed by atoms with van der Waals surface area (Å²) >= 11 is 0. The molecule has 1 saturated heterocycles.